The standard InChI is InChI=1S/C13H7N3S/c1-2-4-11-8(3-1)5-9-10-6-14-7-15-12(10)17-13(9)16-11/h1-7H. The van der Waals surface area contributed by atoms with Crippen LogP contribution < -0.4 is 0 Å². The Labute approximate surface area is 101 Å². The topological polar surface area (TPSA) is 38.7 Å². The summed E-state index contributed by atoms with van der Waals surface area (Å²) >= 11 is 1.61. The third-order valence-corrected chi connectivity index (χ3v) is 3.87. The number of fused-ring (bicyclic) bond motifs is 4. The summed E-state index contributed by atoms with van der Waals surface area (Å²) < 4.78 is 0. The molecule has 0 saturated carbocycles. The van der Waals surface area contributed by atoms with Crippen molar-refractivity contribution in [3.63, 3.8) is 0 Å². The number of nitrogens with zero attached hydrogens (tertiary/aromatic N) is 3. The van der Waals surface area contributed by atoms with E-state index in [-0.39, 0.29) is 0 Å². The molecule has 0 saturated heterocycles. The molecule has 0 atom stereocenters. The first kappa shape index (κ1) is 9.01. The fourth-order valence-electron chi connectivity index (χ4n) is 2.05. The van der Waals surface area contributed by atoms with Crippen molar-refractivity contribution in [3.05, 3.63) is 42.9 Å². The Kier molecular flexibility index (Phi) is 1.70. The van der Waals surface area contributed by atoms with Crippen molar-refractivity contribution >= 4 is 42.7 Å². The first-order valence-corrected chi connectivity index (χ1v) is 6.11. The highest BCUT2D eigenvalue weighted by Crippen LogP contribution is 2.32. The highest BCUT2D eigenvalue weighted by Gasteiger charge is 2.08. The lowest BCUT2D eigenvalue weighted by Crippen LogP contribution is -1.78. The van der Waals surface area contributed by atoms with E-state index < -0.39 is 0 Å². The Morgan fingerprint density at radius 2 is 1.94 bits per heavy atom. The van der Waals surface area contributed by atoms with Gasteiger partial charge in [-0.05, 0) is 12.1 Å². The molecule has 0 spiro atoms. The molecule has 3 heterocycles. The summed E-state index contributed by atoms with van der Waals surface area (Å²) in [6.07, 6.45) is 3.44. The molecule has 0 amide bonds. The second kappa shape index (κ2) is 3.21. The van der Waals surface area contributed by atoms with Crippen LogP contribution in [0.3, 0.4) is 0 Å². The molecule has 0 radical (unpaired) electrons. The molecule has 0 aliphatic heterocycles. The number of aromatic nitrogens is 3. The summed E-state index contributed by atoms with van der Waals surface area (Å²) in [5.74, 6) is 0. The van der Waals surface area contributed by atoms with Gasteiger partial charge in [0.1, 0.15) is 16.0 Å². The van der Waals surface area contributed by atoms with E-state index in [1.165, 1.54) is 0 Å². The van der Waals surface area contributed by atoms with Crippen molar-refractivity contribution < 1.29 is 0 Å². The van der Waals surface area contributed by atoms with Gasteiger partial charge in [0.25, 0.3) is 0 Å². The van der Waals surface area contributed by atoms with Crippen molar-refractivity contribution in [3.8, 4) is 0 Å². The minimum atomic E-state index is 0.998. The molecule has 0 fully saturated rings. The molecular formula is C13H7N3S. The van der Waals surface area contributed by atoms with Crippen LogP contribution in [0.1, 0.15) is 0 Å². The molecule has 4 heteroatoms. The quantitative estimate of drug-likeness (QED) is 0.470. The molecule has 0 bridgehead atoms. The fourth-order valence-corrected chi connectivity index (χ4v) is 3.02. The molecule has 17 heavy (non-hydrogen) atoms. The van der Waals surface area contributed by atoms with Gasteiger partial charge >= 0.3 is 0 Å². The minimum Gasteiger partial charge on any atom is -0.244 e. The van der Waals surface area contributed by atoms with E-state index in [0.29, 0.717) is 0 Å². The predicted molar refractivity (Wildman–Crippen MR) is 70.2 cm³/mol. The zero-order valence-corrected chi connectivity index (χ0v) is 9.61. The van der Waals surface area contributed by atoms with Gasteiger partial charge in [-0.3, -0.25) is 0 Å². The first-order valence-electron chi connectivity index (χ1n) is 5.30. The van der Waals surface area contributed by atoms with Gasteiger partial charge in [0.05, 0.1) is 5.52 Å². The van der Waals surface area contributed by atoms with Gasteiger partial charge < -0.3 is 0 Å². The van der Waals surface area contributed by atoms with E-state index in [1.54, 1.807) is 17.7 Å². The van der Waals surface area contributed by atoms with Crippen LogP contribution in [0.25, 0.3) is 31.3 Å². The maximum atomic E-state index is 4.67. The van der Waals surface area contributed by atoms with Crippen molar-refractivity contribution in [2.45, 2.75) is 0 Å². The second-order valence-corrected chi connectivity index (χ2v) is 4.85. The lowest BCUT2D eigenvalue weighted by molar-refractivity contribution is 1.24. The largest absolute Gasteiger partial charge is 0.244 e. The van der Waals surface area contributed by atoms with E-state index in [0.717, 1.165) is 31.3 Å². The number of hydrogen-bond acceptors (Lipinski definition) is 4. The molecule has 0 N–H and O–H groups in total. The molecular weight excluding hydrogens is 230 g/mol. The normalized spacial score (nSPS) is 11.5. The van der Waals surface area contributed by atoms with Crippen LogP contribution in [0.15, 0.2) is 42.9 Å². The van der Waals surface area contributed by atoms with Gasteiger partial charge in [0.15, 0.2) is 0 Å². The molecule has 0 unspecified atom stereocenters. The molecule has 1 aromatic carbocycles. The van der Waals surface area contributed by atoms with Gasteiger partial charge in [-0.15, -0.1) is 0 Å². The van der Waals surface area contributed by atoms with Gasteiger partial charge in [0, 0.05) is 22.4 Å². The monoisotopic (exact) mass is 237 g/mol. The van der Waals surface area contributed by atoms with Crippen molar-refractivity contribution in [1.29, 1.82) is 0 Å². The Balaban J connectivity index is 2.28. The van der Waals surface area contributed by atoms with Crippen LogP contribution in [-0.4, -0.2) is 15.0 Å². The Bertz CT molecular complexity index is 845. The van der Waals surface area contributed by atoms with Crippen LogP contribution in [0.4, 0.5) is 0 Å². The predicted octanol–water partition coefficient (Wildman–Crippen LogP) is 3.39. The third kappa shape index (κ3) is 1.24. The molecule has 4 aromatic rings. The van der Waals surface area contributed by atoms with Crippen molar-refractivity contribution in [1.82, 2.24) is 15.0 Å². The number of benzene rings is 1. The van der Waals surface area contributed by atoms with E-state index in [1.807, 2.05) is 24.4 Å². The van der Waals surface area contributed by atoms with Crippen LogP contribution in [0.5, 0.6) is 0 Å². The molecule has 80 valence electrons. The third-order valence-electron chi connectivity index (χ3n) is 2.85. The Morgan fingerprint density at radius 1 is 1.00 bits per heavy atom. The van der Waals surface area contributed by atoms with Crippen molar-refractivity contribution in [2.24, 2.45) is 0 Å². The molecule has 0 aliphatic rings. The summed E-state index contributed by atoms with van der Waals surface area (Å²) in [4.78, 5) is 15.1. The number of rotatable bonds is 0. The molecule has 0 aliphatic carbocycles. The summed E-state index contributed by atoms with van der Waals surface area (Å²) in [7, 11) is 0. The smallest absolute Gasteiger partial charge is 0.129 e. The summed E-state index contributed by atoms with van der Waals surface area (Å²) in [5.41, 5.74) is 1.03. The van der Waals surface area contributed by atoms with Gasteiger partial charge in [-0.1, -0.05) is 29.5 Å². The number of pyridine rings is 1. The first-order chi connectivity index (χ1) is 8.42. The van der Waals surface area contributed by atoms with Crippen LogP contribution in [-0.2, 0) is 0 Å². The minimum absolute atomic E-state index is 0.998. The van der Waals surface area contributed by atoms with E-state index >= 15 is 0 Å². The fraction of sp³-hybridized carbons (Fsp3) is 0. The van der Waals surface area contributed by atoms with E-state index in [2.05, 4.69) is 27.1 Å². The van der Waals surface area contributed by atoms with Crippen molar-refractivity contribution in [2.75, 3.05) is 0 Å². The molecule has 3 aromatic heterocycles. The maximum Gasteiger partial charge on any atom is 0.129 e. The lowest BCUT2D eigenvalue weighted by atomic mass is 10.1. The lowest BCUT2D eigenvalue weighted by Gasteiger charge is -1.96. The maximum absolute atomic E-state index is 4.67. The second-order valence-electron chi connectivity index (χ2n) is 3.88. The summed E-state index contributed by atoms with van der Waals surface area (Å²) in [6, 6.07) is 10.3. The van der Waals surface area contributed by atoms with Crippen LogP contribution in [0.2, 0.25) is 0 Å². The summed E-state index contributed by atoms with van der Waals surface area (Å²) in [6.45, 7) is 0. The zero-order valence-electron chi connectivity index (χ0n) is 8.79. The van der Waals surface area contributed by atoms with Gasteiger partial charge in [0.2, 0.25) is 0 Å². The Morgan fingerprint density at radius 3 is 2.94 bits per heavy atom. The molecule has 3 nitrogen and oxygen atoms in total. The SMILES string of the molecule is c1ccc2nc3sc4ncncc4c3cc2c1. The zero-order chi connectivity index (χ0) is 11.2. The van der Waals surface area contributed by atoms with E-state index in [4.69, 9.17) is 0 Å². The molecule has 4 rings (SSSR count). The number of para-hydroxylation sites is 1. The van der Waals surface area contributed by atoms with Gasteiger partial charge in [-0.2, -0.15) is 0 Å². The van der Waals surface area contributed by atoms with Crippen LogP contribution >= 0.6 is 11.3 Å². The Hall–Kier alpha value is -2.07. The number of hydrogen-bond donors (Lipinski definition) is 0. The highest BCUT2D eigenvalue weighted by molar-refractivity contribution is 7.25. The van der Waals surface area contributed by atoms with E-state index in [9.17, 15) is 0 Å². The summed E-state index contributed by atoms with van der Waals surface area (Å²) in [5, 5.41) is 3.39. The highest BCUT2D eigenvalue weighted by atomic mass is 32.1. The van der Waals surface area contributed by atoms with Gasteiger partial charge in [-0.25, -0.2) is 15.0 Å². The average Bonchev–Trinajstić information content (AvgIpc) is 2.73. The van der Waals surface area contributed by atoms with Crippen LogP contribution in [0, 0.1) is 0 Å². The average molecular weight is 237 g/mol. The number of thiophene rings is 1.